The summed E-state index contributed by atoms with van der Waals surface area (Å²) >= 11 is 0. The quantitative estimate of drug-likeness (QED) is 0.630. The minimum atomic E-state index is -0.208. The molecule has 0 saturated carbocycles. The van der Waals surface area contributed by atoms with Gasteiger partial charge in [0, 0.05) is 0 Å². The number of aliphatic hydroxyl groups excluding tert-OH is 1. The van der Waals surface area contributed by atoms with Gasteiger partial charge >= 0.3 is 0 Å². The number of hydrogen-bond acceptors (Lipinski definition) is 2. The molecular formula is C6H16ClNO. The van der Waals surface area contributed by atoms with Gasteiger partial charge in [0.05, 0.1) is 6.10 Å². The van der Waals surface area contributed by atoms with E-state index < -0.39 is 0 Å². The summed E-state index contributed by atoms with van der Waals surface area (Å²) in [5, 5.41) is 9.05. The van der Waals surface area contributed by atoms with Crippen molar-refractivity contribution in [2.45, 2.75) is 26.4 Å². The van der Waals surface area contributed by atoms with Gasteiger partial charge in [-0.3, -0.25) is 0 Å². The van der Waals surface area contributed by atoms with E-state index in [1.807, 2.05) is 13.8 Å². The van der Waals surface area contributed by atoms with E-state index in [1.54, 1.807) is 0 Å². The monoisotopic (exact) mass is 153 g/mol. The van der Waals surface area contributed by atoms with Crippen molar-refractivity contribution in [2.75, 3.05) is 6.54 Å². The fourth-order valence-electron chi connectivity index (χ4n) is 0.504. The lowest BCUT2D eigenvalue weighted by Crippen LogP contribution is -2.18. The average molecular weight is 154 g/mol. The van der Waals surface area contributed by atoms with E-state index in [0.717, 1.165) is 6.42 Å². The third kappa shape index (κ3) is 6.09. The molecule has 2 nitrogen and oxygen atoms in total. The van der Waals surface area contributed by atoms with Crippen molar-refractivity contribution in [3.8, 4) is 0 Å². The van der Waals surface area contributed by atoms with E-state index in [4.69, 9.17) is 10.8 Å². The van der Waals surface area contributed by atoms with Crippen molar-refractivity contribution in [1.29, 1.82) is 0 Å². The SMILES string of the molecule is CC(C)C(O)CCN.Cl. The minimum Gasteiger partial charge on any atom is -0.393 e. The van der Waals surface area contributed by atoms with Crippen LogP contribution < -0.4 is 5.73 Å². The molecule has 0 heterocycles. The minimum absolute atomic E-state index is 0. The molecule has 0 aliphatic carbocycles. The zero-order chi connectivity index (χ0) is 6.57. The van der Waals surface area contributed by atoms with Gasteiger partial charge in [-0.2, -0.15) is 0 Å². The molecular weight excluding hydrogens is 138 g/mol. The Hall–Kier alpha value is 0.210. The van der Waals surface area contributed by atoms with Crippen LogP contribution >= 0.6 is 12.4 Å². The van der Waals surface area contributed by atoms with Gasteiger partial charge in [0.15, 0.2) is 0 Å². The zero-order valence-electron chi connectivity index (χ0n) is 6.00. The summed E-state index contributed by atoms with van der Waals surface area (Å²) in [5.41, 5.74) is 5.21. The highest BCUT2D eigenvalue weighted by atomic mass is 35.5. The van der Waals surface area contributed by atoms with Crippen molar-refractivity contribution in [3.05, 3.63) is 0 Å². The molecule has 0 radical (unpaired) electrons. The molecule has 0 aromatic rings. The molecule has 0 spiro atoms. The van der Waals surface area contributed by atoms with E-state index in [2.05, 4.69) is 0 Å². The highest BCUT2D eigenvalue weighted by molar-refractivity contribution is 5.85. The molecule has 0 aromatic carbocycles. The van der Waals surface area contributed by atoms with E-state index in [1.165, 1.54) is 0 Å². The Morgan fingerprint density at radius 3 is 2.00 bits per heavy atom. The molecule has 58 valence electrons. The standard InChI is InChI=1S/C6H15NO.ClH/c1-5(2)6(8)3-4-7;/h5-6,8H,3-4,7H2,1-2H3;1H. The number of nitrogens with two attached hydrogens (primary N) is 1. The Morgan fingerprint density at radius 2 is 1.89 bits per heavy atom. The molecule has 0 rings (SSSR count). The molecule has 1 unspecified atom stereocenters. The van der Waals surface area contributed by atoms with Gasteiger partial charge < -0.3 is 10.8 Å². The second kappa shape index (κ2) is 6.33. The van der Waals surface area contributed by atoms with Gasteiger partial charge in [-0.05, 0) is 18.9 Å². The molecule has 0 aliphatic heterocycles. The van der Waals surface area contributed by atoms with Gasteiger partial charge in [-0.1, -0.05) is 13.8 Å². The molecule has 0 aromatic heterocycles. The molecule has 0 amide bonds. The van der Waals surface area contributed by atoms with Crippen LogP contribution in [-0.2, 0) is 0 Å². The number of halogens is 1. The second-order valence-electron chi connectivity index (χ2n) is 2.39. The number of hydrogen-bond donors (Lipinski definition) is 2. The normalized spacial score (nSPS) is 13.0. The molecule has 0 saturated heterocycles. The van der Waals surface area contributed by atoms with Crippen LogP contribution in [0.1, 0.15) is 20.3 Å². The highest BCUT2D eigenvalue weighted by Gasteiger charge is 2.05. The van der Waals surface area contributed by atoms with Crippen molar-refractivity contribution in [2.24, 2.45) is 11.7 Å². The summed E-state index contributed by atoms with van der Waals surface area (Å²) < 4.78 is 0. The van der Waals surface area contributed by atoms with E-state index in [-0.39, 0.29) is 18.5 Å². The third-order valence-corrected chi connectivity index (χ3v) is 1.23. The fraction of sp³-hybridized carbons (Fsp3) is 1.00. The first-order chi connectivity index (χ1) is 3.68. The summed E-state index contributed by atoms with van der Waals surface area (Å²) in [4.78, 5) is 0. The van der Waals surface area contributed by atoms with E-state index in [9.17, 15) is 0 Å². The summed E-state index contributed by atoms with van der Waals surface area (Å²) in [6, 6.07) is 0. The highest BCUT2D eigenvalue weighted by Crippen LogP contribution is 2.02. The van der Waals surface area contributed by atoms with Crippen molar-refractivity contribution >= 4 is 12.4 Å². The molecule has 9 heavy (non-hydrogen) atoms. The fourth-order valence-corrected chi connectivity index (χ4v) is 0.504. The van der Waals surface area contributed by atoms with Crippen molar-refractivity contribution in [1.82, 2.24) is 0 Å². The predicted octanol–water partition coefficient (Wildman–Crippen LogP) is 0.774. The van der Waals surface area contributed by atoms with Crippen LogP contribution in [0.15, 0.2) is 0 Å². The Labute approximate surface area is 62.9 Å². The summed E-state index contributed by atoms with van der Waals surface area (Å²) in [7, 11) is 0. The van der Waals surface area contributed by atoms with Gasteiger partial charge in [0.25, 0.3) is 0 Å². The van der Waals surface area contributed by atoms with Crippen LogP contribution in [0.5, 0.6) is 0 Å². The average Bonchev–Trinajstić information content (AvgIpc) is 1.67. The van der Waals surface area contributed by atoms with Crippen LogP contribution in [0.3, 0.4) is 0 Å². The predicted molar refractivity (Wildman–Crippen MR) is 41.8 cm³/mol. The Kier molecular flexibility index (Phi) is 8.40. The lowest BCUT2D eigenvalue weighted by atomic mass is 10.1. The maximum absolute atomic E-state index is 9.05. The van der Waals surface area contributed by atoms with Gasteiger partial charge in [-0.25, -0.2) is 0 Å². The summed E-state index contributed by atoms with van der Waals surface area (Å²) in [6.45, 7) is 4.56. The van der Waals surface area contributed by atoms with Gasteiger partial charge in [0.1, 0.15) is 0 Å². The lowest BCUT2D eigenvalue weighted by Gasteiger charge is -2.11. The molecule has 0 fully saturated rings. The van der Waals surface area contributed by atoms with E-state index >= 15 is 0 Å². The van der Waals surface area contributed by atoms with Gasteiger partial charge in [0.2, 0.25) is 0 Å². The first kappa shape index (κ1) is 11.9. The second-order valence-corrected chi connectivity index (χ2v) is 2.39. The Balaban J connectivity index is 0. The largest absolute Gasteiger partial charge is 0.393 e. The first-order valence-corrected chi connectivity index (χ1v) is 3.06. The lowest BCUT2D eigenvalue weighted by molar-refractivity contribution is 0.119. The van der Waals surface area contributed by atoms with E-state index in [0.29, 0.717) is 12.5 Å². The molecule has 1 atom stereocenters. The Bertz CT molecular complexity index is 59.0. The van der Waals surface area contributed by atoms with Crippen LogP contribution in [-0.4, -0.2) is 17.8 Å². The molecule has 3 N–H and O–H groups in total. The van der Waals surface area contributed by atoms with Crippen LogP contribution in [0.25, 0.3) is 0 Å². The number of rotatable bonds is 3. The van der Waals surface area contributed by atoms with Crippen LogP contribution in [0, 0.1) is 5.92 Å². The topological polar surface area (TPSA) is 46.2 Å². The van der Waals surface area contributed by atoms with Crippen LogP contribution in [0.2, 0.25) is 0 Å². The molecule has 0 bridgehead atoms. The maximum Gasteiger partial charge on any atom is 0.0575 e. The summed E-state index contributed by atoms with van der Waals surface area (Å²) in [6.07, 6.45) is 0.512. The third-order valence-electron chi connectivity index (χ3n) is 1.23. The zero-order valence-corrected chi connectivity index (χ0v) is 6.82. The number of aliphatic hydroxyl groups is 1. The summed E-state index contributed by atoms with van der Waals surface area (Å²) in [5.74, 6) is 0.346. The van der Waals surface area contributed by atoms with Crippen molar-refractivity contribution < 1.29 is 5.11 Å². The Morgan fingerprint density at radius 1 is 1.44 bits per heavy atom. The molecule has 3 heteroatoms. The molecule has 0 aliphatic rings. The van der Waals surface area contributed by atoms with Crippen molar-refractivity contribution in [3.63, 3.8) is 0 Å². The van der Waals surface area contributed by atoms with Gasteiger partial charge in [-0.15, -0.1) is 12.4 Å². The van der Waals surface area contributed by atoms with Crippen LogP contribution in [0.4, 0.5) is 0 Å². The first-order valence-electron chi connectivity index (χ1n) is 3.06. The smallest absolute Gasteiger partial charge is 0.0575 e. The maximum atomic E-state index is 9.05.